The lowest BCUT2D eigenvalue weighted by molar-refractivity contribution is 0.0110. The van der Waals surface area contributed by atoms with E-state index in [0.717, 1.165) is 17.4 Å². The monoisotopic (exact) mass is 312 g/mol. The predicted octanol–water partition coefficient (Wildman–Crippen LogP) is 2.15. The lowest BCUT2D eigenvalue weighted by Crippen LogP contribution is -2.46. The number of aliphatic hydroxyl groups excluding tert-OH is 1. The predicted molar refractivity (Wildman–Crippen MR) is 77.3 cm³/mol. The van der Waals surface area contributed by atoms with E-state index in [1.807, 2.05) is 18.2 Å². The van der Waals surface area contributed by atoms with E-state index in [9.17, 15) is 5.11 Å². The number of likely N-dealkylation sites (tertiary alicyclic amines) is 1. The van der Waals surface area contributed by atoms with Crippen LogP contribution in [0.5, 0.6) is 0 Å². The first-order chi connectivity index (χ1) is 8.63. The highest BCUT2D eigenvalue weighted by atomic mass is 79.9. The van der Waals surface area contributed by atoms with Crippen LogP contribution < -0.4 is 5.73 Å². The molecule has 1 heterocycles. The number of aliphatic hydroxyl groups is 1. The zero-order valence-electron chi connectivity index (χ0n) is 10.7. The maximum absolute atomic E-state index is 10.0. The molecule has 1 saturated heterocycles. The molecule has 1 fully saturated rings. The summed E-state index contributed by atoms with van der Waals surface area (Å²) in [7, 11) is 0. The summed E-state index contributed by atoms with van der Waals surface area (Å²) < 4.78 is 1.09. The molecule has 3 nitrogen and oxygen atoms in total. The molecule has 0 spiro atoms. The first-order valence-electron chi connectivity index (χ1n) is 6.50. The zero-order chi connectivity index (χ0) is 13.1. The van der Waals surface area contributed by atoms with Gasteiger partial charge < -0.3 is 10.8 Å². The van der Waals surface area contributed by atoms with Gasteiger partial charge in [-0.15, -0.1) is 0 Å². The Labute approximate surface area is 117 Å². The maximum atomic E-state index is 10.0. The Morgan fingerprint density at radius 2 is 2.22 bits per heavy atom. The summed E-state index contributed by atoms with van der Waals surface area (Å²) in [5.74, 6) is 0.388. The molecule has 2 rings (SSSR count). The molecule has 18 heavy (non-hydrogen) atoms. The molecule has 1 aromatic rings. The zero-order valence-corrected chi connectivity index (χ0v) is 12.3. The van der Waals surface area contributed by atoms with Crippen LogP contribution >= 0.6 is 15.9 Å². The summed E-state index contributed by atoms with van der Waals surface area (Å²) in [6.45, 7) is 4.40. The smallest absolute Gasteiger partial charge is 0.0693 e. The second-order valence-electron chi connectivity index (χ2n) is 5.10. The average Bonchev–Trinajstić information content (AvgIpc) is 2.37. The van der Waals surface area contributed by atoms with Gasteiger partial charge in [0.05, 0.1) is 6.10 Å². The molecular weight excluding hydrogens is 292 g/mol. The number of benzene rings is 1. The van der Waals surface area contributed by atoms with Crippen molar-refractivity contribution in [1.29, 1.82) is 0 Å². The van der Waals surface area contributed by atoms with Gasteiger partial charge in [0.1, 0.15) is 0 Å². The standard InChI is InChI=1S/C14H21BrN2O/c1-10-6-7-17(9-14(10)18)13(8-16)11-4-2-3-5-12(11)15/h2-5,10,13-14,18H,6-9,16H2,1H3. The molecular formula is C14H21BrN2O. The van der Waals surface area contributed by atoms with E-state index in [-0.39, 0.29) is 12.1 Å². The molecule has 1 aliphatic rings. The lowest BCUT2D eigenvalue weighted by atomic mass is 9.93. The minimum Gasteiger partial charge on any atom is -0.392 e. The van der Waals surface area contributed by atoms with E-state index in [4.69, 9.17) is 5.73 Å². The van der Waals surface area contributed by atoms with Crippen molar-refractivity contribution in [2.75, 3.05) is 19.6 Å². The molecule has 100 valence electrons. The molecule has 0 amide bonds. The SMILES string of the molecule is CC1CCN(C(CN)c2ccccc2Br)CC1O. The van der Waals surface area contributed by atoms with Crippen molar-refractivity contribution in [1.82, 2.24) is 4.90 Å². The Balaban J connectivity index is 2.17. The minimum absolute atomic E-state index is 0.183. The number of piperidine rings is 1. The van der Waals surface area contributed by atoms with Gasteiger partial charge in [-0.3, -0.25) is 4.90 Å². The van der Waals surface area contributed by atoms with Crippen molar-refractivity contribution in [2.45, 2.75) is 25.5 Å². The van der Waals surface area contributed by atoms with Crippen LogP contribution in [0.2, 0.25) is 0 Å². The third-order valence-corrected chi connectivity index (χ3v) is 4.60. The number of hydrogen-bond acceptors (Lipinski definition) is 3. The first-order valence-corrected chi connectivity index (χ1v) is 7.29. The number of halogens is 1. The lowest BCUT2D eigenvalue weighted by Gasteiger charge is -2.39. The normalized spacial score (nSPS) is 27.1. The highest BCUT2D eigenvalue weighted by Gasteiger charge is 2.29. The van der Waals surface area contributed by atoms with Gasteiger partial charge in [0, 0.05) is 23.6 Å². The van der Waals surface area contributed by atoms with Gasteiger partial charge in [0.25, 0.3) is 0 Å². The Bertz CT molecular complexity index is 399. The summed E-state index contributed by atoms with van der Waals surface area (Å²) >= 11 is 3.59. The molecule has 1 aliphatic heterocycles. The summed E-state index contributed by atoms with van der Waals surface area (Å²) in [6.07, 6.45) is 0.789. The molecule has 0 aliphatic carbocycles. The summed E-state index contributed by atoms with van der Waals surface area (Å²) in [6, 6.07) is 8.37. The minimum atomic E-state index is -0.240. The van der Waals surface area contributed by atoms with Crippen molar-refractivity contribution in [3.05, 3.63) is 34.3 Å². The van der Waals surface area contributed by atoms with E-state index in [2.05, 4.69) is 33.8 Å². The second-order valence-corrected chi connectivity index (χ2v) is 5.96. The Hall–Kier alpha value is -0.420. The molecule has 0 radical (unpaired) electrons. The fourth-order valence-corrected chi connectivity index (χ4v) is 3.12. The van der Waals surface area contributed by atoms with E-state index < -0.39 is 0 Å². The van der Waals surface area contributed by atoms with Crippen LogP contribution in [0.1, 0.15) is 24.9 Å². The highest BCUT2D eigenvalue weighted by Crippen LogP contribution is 2.30. The number of nitrogens with two attached hydrogens (primary N) is 1. The highest BCUT2D eigenvalue weighted by molar-refractivity contribution is 9.10. The van der Waals surface area contributed by atoms with Gasteiger partial charge in [-0.2, -0.15) is 0 Å². The first kappa shape index (κ1) is 14.0. The van der Waals surface area contributed by atoms with Gasteiger partial charge in [0.15, 0.2) is 0 Å². The maximum Gasteiger partial charge on any atom is 0.0693 e. The Morgan fingerprint density at radius 1 is 1.50 bits per heavy atom. The molecule has 0 saturated carbocycles. The van der Waals surface area contributed by atoms with Crippen LogP contribution in [0, 0.1) is 5.92 Å². The molecule has 4 heteroatoms. The third-order valence-electron chi connectivity index (χ3n) is 3.88. The van der Waals surface area contributed by atoms with Crippen LogP contribution in [-0.2, 0) is 0 Å². The largest absolute Gasteiger partial charge is 0.392 e. The quantitative estimate of drug-likeness (QED) is 0.899. The number of rotatable bonds is 3. The third kappa shape index (κ3) is 2.94. The van der Waals surface area contributed by atoms with Crippen molar-refractivity contribution >= 4 is 15.9 Å². The van der Waals surface area contributed by atoms with Crippen molar-refractivity contribution in [3.63, 3.8) is 0 Å². The topological polar surface area (TPSA) is 49.5 Å². The fraction of sp³-hybridized carbons (Fsp3) is 0.571. The van der Waals surface area contributed by atoms with Crippen LogP contribution in [0.25, 0.3) is 0 Å². The van der Waals surface area contributed by atoms with Gasteiger partial charge in [0.2, 0.25) is 0 Å². The molecule has 0 bridgehead atoms. The Morgan fingerprint density at radius 3 is 2.83 bits per heavy atom. The number of β-amino-alcohol motifs (C(OH)–C–C–N with tert-alkyl or cyclic N) is 1. The molecule has 3 N–H and O–H groups in total. The summed E-state index contributed by atoms with van der Waals surface area (Å²) in [4.78, 5) is 2.30. The van der Waals surface area contributed by atoms with Crippen molar-refractivity contribution < 1.29 is 5.11 Å². The van der Waals surface area contributed by atoms with E-state index >= 15 is 0 Å². The number of hydrogen-bond donors (Lipinski definition) is 2. The van der Waals surface area contributed by atoms with Gasteiger partial charge in [-0.25, -0.2) is 0 Å². The second kappa shape index (κ2) is 6.15. The van der Waals surface area contributed by atoms with Crippen LogP contribution in [0.15, 0.2) is 28.7 Å². The van der Waals surface area contributed by atoms with Gasteiger partial charge in [-0.05, 0) is 30.5 Å². The van der Waals surface area contributed by atoms with Crippen molar-refractivity contribution in [3.8, 4) is 0 Å². The average molecular weight is 313 g/mol. The van der Waals surface area contributed by atoms with E-state index in [1.54, 1.807) is 0 Å². The molecule has 3 unspecified atom stereocenters. The van der Waals surface area contributed by atoms with Gasteiger partial charge in [-0.1, -0.05) is 41.1 Å². The van der Waals surface area contributed by atoms with Crippen molar-refractivity contribution in [2.24, 2.45) is 11.7 Å². The van der Waals surface area contributed by atoms with Gasteiger partial charge >= 0.3 is 0 Å². The molecule has 3 atom stereocenters. The fourth-order valence-electron chi connectivity index (χ4n) is 2.57. The molecule has 1 aromatic carbocycles. The number of nitrogens with zero attached hydrogens (tertiary/aromatic N) is 1. The Kier molecular flexibility index (Phi) is 4.78. The van der Waals surface area contributed by atoms with Crippen LogP contribution in [-0.4, -0.2) is 35.7 Å². The van der Waals surface area contributed by atoms with Crippen LogP contribution in [0.4, 0.5) is 0 Å². The van der Waals surface area contributed by atoms with Crippen LogP contribution in [0.3, 0.4) is 0 Å². The van der Waals surface area contributed by atoms with E-state index in [0.29, 0.717) is 19.0 Å². The van der Waals surface area contributed by atoms with E-state index in [1.165, 1.54) is 5.56 Å². The summed E-state index contributed by atoms with van der Waals surface area (Å²) in [5.41, 5.74) is 7.15. The summed E-state index contributed by atoms with van der Waals surface area (Å²) in [5, 5.41) is 10.0. The molecule has 0 aromatic heterocycles.